The predicted molar refractivity (Wildman–Crippen MR) is 204 cm³/mol. The summed E-state index contributed by atoms with van der Waals surface area (Å²) in [6.45, 7) is 10.3. The third-order valence-corrected chi connectivity index (χ3v) is 8.41. The molecule has 0 aliphatic heterocycles. The number of thiocarbonyl (C=S) groups is 2. The molecule has 2 atom stereocenters. The minimum atomic E-state index is 0.512. The van der Waals surface area contributed by atoms with E-state index in [2.05, 4.69) is 84.4 Å². The number of unbranched alkanes of at least 4 members (excludes halogenated alkanes) is 2. The molecule has 0 bridgehead atoms. The maximum Gasteiger partial charge on any atom is 0.127 e. The highest BCUT2D eigenvalue weighted by atomic mass is 32.1. The van der Waals surface area contributed by atoms with Crippen LogP contribution >= 0.6 is 24.4 Å². The van der Waals surface area contributed by atoms with Gasteiger partial charge in [0, 0.05) is 11.1 Å². The lowest BCUT2D eigenvalue weighted by atomic mass is 10.00. The summed E-state index contributed by atoms with van der Waals surface area (Å²) in [5.74, 6) is 2.73. The molecule has 0 N–H and O–H groups in total. The minimum absolute atomic E-state index is 0.512. The van der Waals surface area contributed by atoms with Crippen molar-refractivity contribution in [1.82, 2.24) is 0 Å². The van der Waals surface area contributed by atoms with Gasteiger partial charge >= 0.3 is 0 Å². The van der Waals surface area contributed by atoms with E-state index in [9.17, 15) is 0 Å². The summed E-state index contributed by atoms with van der Waals surface area (Å²) in [5.41, 5.74) is 5.67. The van der Waals surface area contributed by atoms with E-state index in [1.54, 1.807) is 0 Å². The third-order valence-electron chi connectivity index (χ3n) is 8.22. The first-order valence-electron chi connectivity index (χ1n) is 16.7. The lowest BCUT2D eigenvalue weighted by molar-refractivity contribution is 0.227. The Morgan fingerprint density at radius 3 is 1.33 bits per heavy atom. The minimum Gasteiger partial charge on any atom is -0.493 e. The number of isothiocyanates is 2. The monoisotopic (exact) mass is 652 g/mol. The van der Waals surface area contributed by atoms with Crippen molar-refractivity contribution in [2.75, 3.05) is 13.2 Å². The molecular formula is C40H48N2O2S2. The zero-order chi connectivity index (χ0) is 33.0. The number of ether oxygens (including phenoxy) is 2. The topological polar surface area (TPSA) is 43.2 Å². The number of hydrogen-bond donors (Lipinski definition) is 0. The summed E-state index contributed by atoms with van der Waals surface area (Å²) < 4.78 is 13.2. The fourth-order valence-corrected chi connectivity index (χ4v) is 5.32. The van der Waals surface area contributed by atoms with Crippen LogP contribution in [0.3, 0.4) is 0 Å². The van der Waals surface area contributed by atoms with E-state index < -0.39 is 0 Å². The largest absolute Gasteiger partial charge is 0.493 e. The van der Waals surface area contributed by atoms with Crippen LogP contribution < -0.4 is 9.47 Å². The second-order valence-corrected chi connectivity index (χ2v) is 12.0. The van der Waals surface area contributed by atoms with Crippen LogP contribution in [0.25, 0.3) is 24.3 Å². The molecule has 0 fully saturated rings. The SMILES string of the molecule is CCCCC(CC)COc1cc(/C=C/c2ccc(N=C=S)cc2)c(OCC(CC)CCCC)cc1/C=C/c1ccc(N=C=S)cc1. The van der Waals surface area contributed by atoms with Gasteiger partial charge in [0.05, 0.1) is 34.9 Å². The molecule has 0 aromatic heterocycles. The van der Waals surface area contributed by atoms with Gasteiger partial charge in [-0.2, -0.15) is 9.98 Å². The average molecular weight is 653 g/mol. The van der Waals surface area contributed by atoms with Crippen LogP contribution in [0.2, 0.25) is 0 Å². The summed E-state index contributed by atoms with van der Waals surface area (Å²) in [4.78, 5) is 8.14. The highest BCUT2D eigenvalue weighted by Gasteiger charge is 2.15. The Balaban J connectivity index is 2.03. The molecule has 0 saturated heterocycles. The molecule has 0 heterocycles. The number of nitrogens with zero attached hydrogens (tertiary/aromatic N) is 2. The molecule has 2 unspecified atom stereocenters. The zero-order valence-electron chi connectivity index (χ0n) is 27.8. The van der Waals surface area contributed by atoms with Gasteiger partial charge in [-0.1, -0.05) is 115 Å². The molecule has 0 aliphatic rings. The molecular weight excluding hydrogens is 605 g/mol. The predicted octanol–water partition coefficient (Wildman–Crippen LogP) is 12.7. The summed E-state index contributed by atoms with van der Waals surface area (Å²) >= 11 is 9.50. The van der Waals surface area contributed by atoms with Gasteiger partial charge < -0.3 is 9.47 Å². The van der Waals surface area contributed by atoms with Crippen molar-refractivity contribution in [2.45, 2.75) is 79.1 Å². The molecule has 46 heavy (non-hydrogen) atoms. The van der Waals surface area contributed by atoms with Crippen LogP contribution in [-0.2, 0) is 0 Å². The molecule has 4 nitrogen and oxygen atoms in total. The van der Waals surface area contributed by atoms with E-state index in [1.807, 2.05) is 48.5 Å². The van der Waals surface area contributed by atoms with Crippen molar-refractivity contribution in [1.29, 1.82) is 0 Å². The lowest BCUT2D eigenvalue weighted by Crippen LogP contribution is -2.13. The van der Waals surface area contributed by atoms with Crippen molar-refractivity contribution in [3.63, 3.8) is 0 Å². The molecule has 0 aliphatic carbocycles. The van der Waals surface area contributed by atoms with Gasteiger partial charge in [-0.3, -0.25) is 0 Å². The average Bonchev–Trinajstić information content (AvgIpc) is 3.08. The first-order valence-corrected chi connectivity index (χ1v) is 17.5. The summed E-state index contributed by atoms with van der Waals surface area (Å²) in [7, 11) is 0. The van der Waals surface area contributed by atoms with Crippen molar-refractivity contribution >= 4 is 70.4 Å². The Kier molecular flexibility index (Phi) is 17.0. The van der Waals surface area contributed by atoms with Crippen LogP contribution in [0.1, 0.15) is 101 Å². The van der Waals surface area contributed by atoms with Crippen molar-refractivity contribution < 1.29 is 9.47 Å². The maximum atomic E-state index is 6.61. The molecule has 3 aromatic rings. The second kappa shape index (κ2) is 21.2. The Hall–Kier alpha value is -3.66. The van der Waals surface area contributed by atoms with E-state index in [1.165, 1.54) is 38.5 Å². The van der Waals surface area contributed by atoms with Crippen LogP contribution in [0.4, 0.5) is 11.4 Å². The van der Waals surface area contributed by atoms with Crippen molar-refractivity contribution in [3.05, 3.63) is 82.9 Å². The van der Waals surface area contributed by atoms with Gasteiger partial charge in [-0.25, -0.2) is 0 Å². The fraction of sp³-hybridized carbons (Fsp3) is 0.400. The zero-order valence-corrected chi connectivity index (χ0v) is 29.5. The van der Waals surface area contributed by atoms with E-state index in [0.29, 0.717) is 25.0 Å². The molecule has 0 radical (unpaired) electrons. The summed E-state index contributed by atoms with van der Waals surface area (Å²) in [5, 5.41) is 4.86. The fourth-order valence-electron chi connectivity index (χ4n) is 5.11. The van der Waals surface area contributed by atoms with E-state index >= 15 is 0 Å². The van der Waals surface area contributed by atoms with Crippen LogP contribution in [0.5, 0.6) is 11.5 Å². The highest BCUT2D eigenvalue weighted by molar-refractivity contribution is 7.78. The summed E-state index contributed by atoms with van der Waals surface area (Å²) in [6.07, 6.45) is 17.8. The van der Waals surface area contributed by atoms with E-state index in [0.717, 1.165) is 58.0 Å². The van der Waals surface area contributed by atoms with Gasteiger partial charge in [0.25, 0.3) is 0 Å². The first kappa shape index (κ1) is 36.8. The Bertz CT molecular complexity index is 1380. The van der Waals surface area contributed by atoms with Gasteiger partial charge in [-0.15, -0.1) is 0 Å². The normalized spacial score (nSPS) is 12.4. The van der Waals surface area contributed by atoms with Gasteiger partial charge in [0.1, 0.15) is 11.5 Å². The third kappa shape index (κ3) is 12.6. The molecule has 0 amide bonds. The molecule has 0 saturated carbocycles. The Labute approximate surface area is 287 Å². The van der Waals surface area contributed by atoms with Gasteiger partial charge in [0.2, 0.25) is 0 Å². The smallest absolute Gasteiger partial charge is 0.127 e. The summed E-state index contributed by atoms with van der Waals surface area (Å²) in [6, 6.07) is 20.1. The molecule has 3 rings (SSSR count). The standard InChI is InChI=1S/C40H48N2O2S2/c1-5-9-11-31(7-3)27-43-39-25-36(20-14-34-17-23-38(24-18-34)42-30-46)40(44-28-32(8-4)12-10-6-2)26-35(39)19-13-33-15-21-37(22-16-33)41-29-45/h13-26,31-32H,5-12,27-28H2,1-4H3/b19-13+,20-14+. The van der Waals surface area contributed by atoms with E-state index in [4.69, 9.17) is 33.9 Å². The number of rotatable bonds is 20. The van der Waals surface area contributed by atoms with Crippen LogP contribution in [0.15, 0.2) is 70.6 Å². The highest BCUT2D eigenvalue weighted by Crippen LogP contribution is 2.34. The molecule has 3 aromatic carbocycles. The Morgan fingerprint density at radius 1 is 0.609 bits per heavy atom. The quantitative estimate of drug-likeness (QED) is 0.0692. The first-order chi connectivity index (χ1) is 22.5. The van der Waals surface area contributed by atoms with Crippen LogP contribution in [-0.4, -0.2) is 23.5 Å². The molecule has 242 valence electrons. The molecule has 0 spiro atoms. The Morgan fingerprint density at radius 2 is 1.00 bits per heavy atom. The van der Waals surface area contributed by atoms with Crippen LogP contribution in [0, 0.1) is 11.8 Å². The maximum absolute atomic E-state index is 6.61. The van der Waals surface area contributed by atoms with Gasteiger partial charge in [-0.05, 0) is 96.6 Å². The van der Waals surface area contributed by atoms with Gasteiger partial charge in [0.15, 0.2) is 0 Å². The van der Waals surface area contributed by atoms with Crippen molar-refractivity contribution in [2.24, 2.45) is 21.8 Å². The molecule has 6 heteroatoms. The van der Waals surface area contributed by atoms with E-state index in [-0.39, 0.29) is 0 Å². The van der Waals surface area contributed by atoms with Crippen molar-refractivity contribution in [3.8, 4) is 11.5 Å². The number of hydrogen-bond acceptors (Lipinski definition) is 6. The lowest BCUT2D eigenvalue weighted by Gasteiger charge is -2.20. The number of benzene rings is 3. The second-order valence-electron chi connectivity index (χ2n) is 11.6. The number of aliphatic imine (C=N–C) groups is 2.